The molecule has 1 aliphatic heterocycles. The lowest BCUT2D eigenvalue weighted by Gasteiger charge is -2.25. The summed E-state index contributed by atoms with van der Waals surface area (Å²) in [5.41, 5.74) is 1.86. The largest absolute Gasteiger partial charge is 0.488 e. The van der Waals surface area contributed by atoms with Crippen LogP contribution in [0.2, 0.25) is 0 Å². The molecule has 2 aromatic rings. The van der Waals surface area contributed by atoms with Crippen LogP contribution in [0.3, 0.4) is 0 Å². The summed E-state index contributed by atoms with van der Waals surface area (Å²) in [5, 5.41) is 2.98. The molecule has 0 bridgehead atoms. The van der Waals surface area contributed by atoms with Gasteiger partial charge in [-0.25, -0.2) is 0 Å². The van der Waals surface area contributed by atoms with E-state index in [1.165, 1.54) is 6.07 Å². The first-order valence-corrected chi connectivity index (χ1v) is 9.82. The van der Waals surface area contributed by atoms with Crippen LogP contribution in [0, 0.1) is 0 Å². The zero-order chi connectivity index (χ0) is 23.6. The van der Waals surface area contributed by atoms with Gasteiger partial charge >= 0.3 is 6.18 Å². The average molecular weight is 451 g/mol. The summed E-state index contributed by atoms with van der Waals surface area (Å²) in [6.07, 6.45) is -4.74. The van der Waals surface area contributed by atoms with Gasteiger partial charge in [0.1, 0.15) is 23.6 Å². The number of ether oxygens (including phenoxy) is 2. The first-order chi connectivity index (χ1) is 14.9. The molecule has 0 aliphatic carbocycles. The Morgan fingerprint density at radius 2 is 1.78 bits per heavy atom. The standard InChI is InChI=1S/C22H24F3N3O4/c1-20(2)28-21(3,13-32-20)19(30)27-26-18(29)15-9-10-17(16(11-15)22(23,24)25)31-12-14-7-5-4-6-8-14/h4-11,28H,12-13H2,1-3H3,(H,26,29)(H,27,30)/t21-/m1/s1. The topological polar surface area (TPSA) is 88.7 Å². The quantitative estimate of drug-likeness (QED) is 0.608. The zero-order valence-electron chi connectivity index (χ0n) is 17.8. The van der Waals surface area contributed by atoms with Gasteiger partial charge in [0.15, 0.2) is 0 Å². The summed E-state index contributed by atoms with van der Waals surface area (Å²) in [6, 6.07) is 11.7. The SMILES string of the molecule is CC1(C)N[C@@](C)(C(=O)NNC(=O)c2ccc(OCc3ccccc3)c(C(F)(F)F)c2)CO1. The Bertz CT molecular complexity index is 996. The second kappa shape index (κ2) is 8.79. The van der Waals surface area contributed by atoms with Crippen LogP contribution in [0.25, 0.3) is 0 Å². The Hall–Kier alpha value is -3.11. The van der Waals surface area contributed by atoms with E-state index in [-0.39, 0.29) is 18.8 Å². The van der Waals surface area contributed by atoms with Crippen molar-refractivity contribution < 1.29 is 32.2 Å². The molecule has 2 amide bonds. The summed E-state index contributed by atoms with van der Waals surface area (Å²) in [6.45, 7) is 5.07. The van der Waals surface area contributed by atoms with E-state index in [1.54, 1.807) is 51.1 Å². The van der Waals surface area contributed by atoms with Crippen molar-refractivity contribution in [2.45, 2.75) is 44.8 Å². The number of rotatable bonds is 5. The highest BCUT2D eigenvalue weighted by Gasteiger charge is 2.45. The summed E-state index contributed by atoms with van der Waals surface area (Å²) >= 11 is 0. The number of carbonyl (C=O) groups is 2. The summed E-state index contributed by atoms with van der Waals surface area (Å²) < 4.78 is 51.5. The second-order valence-electron chi connectivity index (χ2n) is 8.15. The van der Waals surface area contributed by atoms with Gasteiger partial charge in [-0.3, -0.25) is 25.8 Å². The Balaban J connectivity index is 1.69. The van der Waals surface area contributed by atoms with Gasteiger partial charge in [0.2, 0.25) is 0 Å². The van der Waals surface area contributed by atoms with Crippen LogP contribution in [0.5, 0.6) is 5.75 Å². The third kappa shape index (κ3) is 5.57. The van der Waals surface area contributed by atoms with Crippen LogP contribution in [0.4, 0.5) is 13.2 Å². The molecule has 1 heterocycles. The lowest BCUT2D eigenvalue weighted by molar-refractivity contribution is -0.139. The smallest absolute Gasteiger partial charge is 0.419 e. The van der Waals surface area contributed by atoms with Crippen LogP contribution < -0.4 is 20.9 Å². The number of carbonyl (C=O) groups excluding carboxylic acids is 2. The molecule has 0 saturated carbocycles. The van der Waals surface area contributed by atoms with Gasteiger partial charge in [-0.05, 0) is 44.5 Å². The van der Waals surface area contributed by atoms with Gasteiger partial charge in [-0.1, -0.05) is 30.3 Å². The molecule has 172 valence electrons. The molecule has 1 fully saturated rings. The van der Waals surface area contributed by atoms with Gasteiger partial charge in [-0.15, -0.1) is 0 Å². The van der Waals surface area contributed by atoms with Crippen LogP contribution >= 0.6 is 0 Å². The minimum absolute atomic E-state index is 0.0600. The van der Waals surface area contributed by atoms with E-state index in [4.69, 9.17) is 9.47 Å². The van der Waals surface area contributed by atoms with Crippen molar-refractivity contribution in [3.8, 4) is 5.75 Å². The molecular weight excluding hydrogens is 427 g/mol. The van der Waals surface area contributed by atoms with Gasteiger partial charge in [0, 0.05) is 5.56 Å². The maximum atomic E-state index is 13.6. The van der Waals surface area contributed by atoms with E-state index in [2.05, 4.69) is 16.2 Å². The highest BCUT2D eigenvalue weighted by Crippen LogP contribution is 2.37. The predicted molar refractivity (Wildman–Crippen MR) is 109 cm³/mol. The van der Waals surface area contributed by atoms with E-state index >= 15 is 0 Å². The lowest BCUT2D eigenvalue weighted by Crippen LogP contribution is -2.59. The molecule has 3 rings (SSSR count). The molecule has 10 heteroatoms. The zero-order valence-corrected chi connectivity index (χ0v) is 17.8. The molecule has 2 aromatic carbocycles. The van der Waals surface area contributed by atoms with Gasteiger partial charge in [0.05, 0.1) is 12.2 Å². The molecule has 1 saturated heterocycles. The number of amides is 2. The van der Waals surface area contributed by atoms with Crippen molar-refractivity contribution >= 4 is 11.8 Å². The average Bonchev–Trinajstić information content (AvgIpc) is 3.04. The molecule has 1 aliphatic rings. The highest BCUT2D eigenvalue weighted by atomic mass is 19.4. The van der Waals surface area contributed by atoms with Crippen molar-refractivity contribution in [3.63, 3.8) is 0 Å². The van der Waals surface area contributed by atoms with E-state index in [0.29, 0.717) is 11.6 Å². The minimum atomic E-state index is -4.74. The fourth-order valence-electron chi connectivity index (χ4n) is 3.26. The number of alkyl halides is 3. The van der Waals surface area contributed by atoms with E-state index in [1.807, 2.05) is 0 Å². The number of nitrogens with one attached hydrogen (secondary N) is 3. The summed E-state index contributed by atoms with van der Waals surface area (Å²) in [5.74, 6) is -1.89. The molecule has 7 nitrogen and oxygen atoms in total. The maximum absolute atomic E-state index is 13.6. The molecule has 0 radical (unpaired) electrons. The summed E-state index contributed by atoms with van der Waals surface area (Å²) in [4.78, 5) is 24.8. The van der Waals surface area contributed by atoms with Gasteiger partial charge in [-0.2, -0.15) is 13.2 Å². The van der Waals surface area contributed by atoms with E-state index in [9.17, 15) is 22.8 Å². The monoisotopic (exact) mass is 451 g/mol. The molecule has 32 heavy (non-hydrogen) atoms. The molecule has 0 spiro atoms. The third-order valence-corrected chi connectivity index (χ3v) is 4.87. The Labute approximate surface area is 183 Å². The van der Waals surface area contributed by atoms with E-state index < -0.39 is 40.6 Å². The Morgan fingerprint density at radius 1 is 1.09 bits per heavy atom. The number of hydrogen-bond acceptors (Lipinski definition) is 5. The Morgan fingerprint density at radius 3 is 2.38 bits per heavy atom. The second-order valence-corrected chi connectivity index (χ2v) is 8.15. The van der Waals surface area contributed by atoms with E-state index in [0.717, 1.165) is 6.07 Å². The number of halogens is 3. The molecule has 0 unspecified atom stereocenters. The molecular formula is C22H24F3N3O4. The molecule has 0 aromatic heterocycles. The first kappa shape index (κ1) is 23.6. The van der Waals surface area contributed by atoms with Gasteiger partial charge < -0.3 is 9.47 Å². The highest BCUT2D eigenvalue weighted by molar-refractivity contribution is 5.97. The minimum Gasteiger partial charge on any atom is -0.488 e. The molecule has 1 atom stereocenters. The third-order valence-electron chi connectivity index (χ3n) is 4.87. The number of hydrazine groups is 1. The summed E-state index contributed by atoms with van der Waals surface area (Å²) in [7, 11) is 0. The van der Waals surface area contributed by atoms with Crippen LogP contribution in [0.1, 0.15) is 42.3 Å². The fourth-order valence-corrected chi connectivity index (χ4v) is 3.26. The normalized spacial score (nSPS) is 19.9. The lowest BCUT2D eigenvalue weighted by atomic mass is 10.0. The van der Waals surface area contributed by atoms with Crippen LogP contribution in [-0.2, 0) is 22.3 Å². The van der Waals surface area contributed by atoms with Crippen LogP contribution in [0.15, 0.2) is 48.5 Å². The van der Waals surface area contributed by atoms with Crippen molar-refractivity contribution in [2.24, 2.45) is 0 Å². The van der Waals surface area contributed by atoms with Crippen LogP contribution in [-0.4, -0.2) is 29.7 Å². The van der Waals surface area contributed by atoms with Crippen molar-refractivity contribution in [3.05, 3.63) is 65.2 Å². The predicted octanol–water partition coefficient (Wildman–Crippen LogP) is 3.16. The van der Waals surface area contributed by atoms with Crippen molar-refractivity contribution in [2.75, 3.05) is 6.61 Å². The Kier molecular flexibility index (Phi) is 6.47. The first-order valence-electron chi connectivity index (χ1n) is 9.82. The number of hydrogen-bond donors (Lipinski definition) is 3. The van der Waals surface area contributed by atoms with Gasteiger partial charge in [0.25, 0.3) is 11.8 Å². The molecule has 3 N–H and O–H groups in total. The number of benzene rings is 2. The maximum Gasteiger partial charge on any atom is 0.419 e. The van der Waals surface area contributed by atoms with Crippen molar-refractivity contribution in [1.82, 2.24) is 16.2 Å². The fraction of sp³-hybridized carbons (Fsp3) is 0.364. The van der Waals surface area contributed by atoms with Crippen molar-refractivity contribution in [1.29, 1.82) is 0 Å².